The summed E-state index contributed by atoms with van der Waals surface area (Å²) in [5.74, 6) is -0.508. The summed E-state index contributed by atoms with van der Waals surface area (Å²) in [7, 11) is 1.29. The predicted octanol–water partition coefficient (Wildman–Crippen LogP) is 1.91. The SMILES string of the molecule is COC(=O)C=NNc1ccc(Cl)cc1. The van der Waals surface area contributed by atoms with E-state index in [0.29, 0.717) is 5.02 Å². The molecule has 1 N–H and O–H groups in total. The molecule has 1 rings (SSSR count). The number of hydrazone groups is 1. The number of methoxy groups -OCH3 is 1. The molecule has 0 aliphatic rings. The zero-order valence-electron chi connectivity index (χ0n) is 7.53. The highest BCUT2D eigenvalue weighted by molar-refractivity contribution is 6.30. The molecule has 0 saturated heterocycles. The van der Waals surface area contributed by atoms with Crippen LogP contribution in [0.1, 0.15) is 0 Å². The highest BCUT2D eigenvalue weighted by Gasteiger charge is 1.92. The number of anilines is 1. The zero-order chi connectivity index (χ0) is 10.4. The first-order chi connectivity index (χ1) is 6.72. The van der Waals surface area contributed by atoms with Crippen LogP contribution in [0.25, 0.3) is 0 Å². The van der Waals surface area contributed by atoms with Crippen molar-refractivity contribution < 1.29 is 9.53 Å². The van der Waals surface area contributed by atoms with E-state index in [0.717, 1.165) is 11.9 Å². The number of nitrogens with zero attached hydrogens (tertiary/aromatic N) is 1. The van der Waals surface area contributed by atoms with E-state index < -0.39 is 5.97 Å². The van der Waals surface area contributed by atoms with Crippen LogP contribution in [0.2, 0.25) is 5.02 Å². The molecule has 0 aliphatic carbocycles. The van der Waals surface area contributed by atoms with Gasteiger partial charge < -0.3 is 4.74 Å². The lowest BCUT2D eigenvalue weighted by Crippen LogP contribution is -2.02. The number of esters is 1. The summed E-state index contributed by atoms with van der Waals surface area (Å²) >= 11 is 5.68. The van der Waals surface area contributed by atoms with E-state index in [9.17, 15) is 4.79 Å². The van der Waals surface area contributed by atoms with Crippen molar-refractivity contribution >= 4 is 29.5 Å². The predicted molar refractivity (Wildman–Crippen MR) is 55.6 cm³/mol. The van der Waals surface area contributed by atoms with Crippen LogP contribution in [0.15, 0.2) is 29.4 Å². The maximum atomic E-state index is 10.6. The van der Waals surface area contributed by atoms with E-state index in [4.69, 9.17) is 11.6 Å². The van der Waals surface area contributed by atoms with Crippen LogP contribution >= 0.6 is 11.6 Å². The number of ether oxygens (including phenoxy) is 1. The van der Waals surface area contributed by atoms with Crippen molar-refractivity contribution in [2.45, 2.75) is 0 Å². The third kappa shape index (κ3) is 3.45. The highest BCUT2D eigenvalue weighted by Crippen LogP contribution is 2.12. The number of carbonyl (C=O) groups is 1. The molecule has 0 spiro atoms. The topological polar surface area (TPSA) is 50.7 Å². The molecule has 0 bridgehead atoms. The quantitative estimate of drug-likeness (QED) is 0.473. The second-order valence-corrected chi connectivity index (χ2v) is 2.84. The van der Waals surface area contributed by atoms with Gasteiger partial charge in [-0.1, -0.05) is 11.6 Å². The van der Waals surface area contributed by atoms with Gasteiger partial charge in [0, 0.05) is 5.02 Å². The van der Waals surface area contributed by atoms with Crippen LogP contribution in [0.5, 0.6) is 0 Å². The first-order valence-electron chi connectivity index (χ1n) is 3.85. The van der Waals surface area contributed by atoms with E-state index in [1.807, 2.05) is 0 Å². The molecule has 0 saturated carbocycles. The molecule has 0 amide bonds. The van der Waals surface area contributed by atoms with Gasteiger partial charge in [0.15, 0.2) is 0 Å². The Morgan fingerprint density at radius 1 is 1.50 bits per heavy atom. The number of benzene rings is 1. The lowest BCUT2D eigenvalue weighted by molar-refractivity contribution is -0.132. The minimum absolute atomic E-state index is 0.508. The van der Waals surface area contributed by atoms with Crippen LogP contribution in [0.4, 0.5) is 5.69 Å². The van der Waals surface area contributed by atoms with Gasteiger partial charge in [-0.25, -0.2) is 4.79 Å². The number of nitrogens with one attached hydrogen (secondary N) is 1. The standard InChI is InChI=1S/C9H9ClN2O2/c1-14-9(13)6-11-12-8-4-2-7(10)3-5-8/h2-6,12H,1H3. The van der Waals surface area contributed by atoms with Gasteiger partial charge in [0.1, 0.15) is 6.21 Å². The molecule has 1 aromatic rings. The second kappa shape index (κ2) is 5.24. The summed E-state index contributed by atoms with van der Waals surface area (Å²) in [5.41, 5.74) is 3.39. The van der Waals surface area contributed by atoms with Gasteiger partial charge in [-0.15, -0.1) is 0 Å². The Morgan fingerprint density at radius 2 is 2.14 bits per heavy atom. The van der Waals surface area contributed by atoms with E-state index in [1.165, 1.54) is 7.11 Å². The number of hydrogen-bond acceptors (Lipinski definition) is 4. The Balaban J connectivity index is 2.49. The summed E-state index contributed by atoms with van der Waals surface area (Å²) < 4.78 is 4.36. The van der Waals surface area contributed by atoms with E-state index in [2.05, 4.69) is 15.3 Å². The fraction of sp³-hybridized carbons (Fsp3) is 0.111. The van der Waals surface area contributed by atoms with Crippen molar-refractivity contribution in [2.24, 2.45) is 5.10 Å². The maximum Gasteiger partial charge on any atom is 0.350 e. The Bertz CT molecular complexity index is 335. The van der Waals surface area contributed by atoms with Crippen LogP contribution in [-0.2, 0) is 9.53 Å². The number of rotatable bonds is 3. The molecular weight excluding hydrogens is 204 g/mol. The van der Waals surface area contributed by atoms with Crippen molar-refractivity contribution in [1.29, 1.82) is 0 Å². The molecule has 0 heterocycles. The Morgan fingerprint density at radius 3 is 2.71 bits per heavy atom. The zero-order valence-corrected chi connectivity index (χ0v) is 8.28. The van der Waals surface area contributed by atoms with Crippen LogP contribution in [0.3, 0.4) is 0 Å². The highest BCUT2D eigenvalue weighted by atomic mass is 35.5. The van der Waals surface area contributed by atoms with Crippen LogP contribution in [-0.4, -0.2) is 19.3 Å². The van der Waals surface area contributed by atoms with Gasteiger partial charge in [-0.2, -0.15) is 5.10 Å². The Kier molecular flexibility index (Phi) is 3.94. The van der Waals surface area contributed by atoms with Gasteiger partial charge >= 0.3 is 5.97 Å². The number of hydrogen-bond donors (Lipinski definition) is 1. The fourth-order valence-electron chi connectivity index (χ4n) is 0.737. The molecule has 14 heavy (non-hydrogen) atoms. The van der Waals surface area contributed by atoms with Gasteiger partial charge in [0.2, 0.25) is 0 Å². The Labute approximate surface area is 86.5 Å². The lowest BCUT2D eigenvalue weighted by atomic mass is 10.3. The summed E-state index contributed by atoms with van der Waals surface area (Å²) in [5, 5.41) is 4.30. The van der Waals surface area contributed by atoms with Gasteiger partial charge in [0.25, 0.3) is 0 Å². The molecule has 0 aliphatic heterocycles. The number of halogens is 1. The van der Waals surface area contributed by atoms with E-state index in [1.54, 1.807) is 24.3 Å². The van der Waals surface area contributed by atoms with E-state index >= 15 is 0 Å². The molecule has 0 atom stereocenters. The largest absolute Gasteiger partial charge is 0.465 e. The van der Waals surface area contributed by atoms with Crippen LogP contribution in [0, 0.1) is 0 Å². The lowest BCUT2D eigenvalue weighted by Gasteiger charge is -1.98. The summed E-state index contributed by atoms with van der Waals surface area (Å²) in [6.45, 7) is 0. The first-order valence-corrected chi connectivity index (χ1v) is 4.23. The molecule has 4 nitrogen and oxygen atoms in total. The third-order valence-corrected chi connectivity index (χ3v) is 1.66. The van der Waals surface area contributed by atoms with Crippen molar-refractivity contribution in [3.8, 4) is 0 Å². The maximum absolute atomic E-state index is 10.6. The molecule has 1 aromatic carbocycles. The summed E-state index contributed by atoms with van der Waals surface area (Å²) in [4.78, 5) is 10.6. The van der Waals surface area contributed by atoms with Gasteiger partial charge in [0.05, 0.1) is 12.8 Å². The van der Waals surface area contributed by atoms with Crippen molar-refractivity contribution in [2.75, 3.05) is 12.5 Å². The monoisotopic (exact) mass is 212 g/mol. The number of carbonyl (C=O) groups excluding carboxylic acids is 1. The minimum Gasteiger partial charge on any atom is -0.465 e. The second-order valence-electron chi connectivity index (χ2n) is 2.40. The van der Waals surface area contributed by atoms with Crippen molar-refractivity contribution in [1.82, 2.24) is 0 Å². The fourth-order valence-corrected chi connectivity index (χ4v) is 0.863. The molecule has 0 radical (unpaired) electrons. The summed E-state index contributed by atoms with van der Waals surface area (Å²) in [6.07, 6.45) is 1.05. The minimum atomic E-state index is -0.508. The molecule has 5 heteroatoms. The molecular formula is C9H9ClN2O2. The van der Waals surface area contributed by atoms with Crippen molar-refractivity contribution in [3.63, 3.8) is 0 Å². The smallest absolute Gasteiger partial charge is 0.350 e. The normalized spacial score (nSPS) is 10.1. The van der Waals surface area contributed by atoms with E-state index in [-0.39, 0.29) is 0 Å². The van der Waals surface area contributed by atoms with Gasteiger partial charge in [-0.3, -0.25) is 5.43 Å². The molecule has 0 unspecified atom stereocenters. The molecule has 74 valence electrons. The van der Waals surface area contributed by atoms with Crippen molar-refractivity contribution in [3.05, 3.63) is 29.3 Å². The third-order valence-electron chi connectivity index (χ3n) is 1.41. The molecule has 0 aromatic heterocycles. The van der Waals surface area contributed by atoms with Crippen LogP contribution < -0.4 is 5.43 Å². The van der Waals surface area contributed by atoms with Gasteiger partial charge in [-0.05, 0) is 24.3 Å². The summed E-state index contributed by atoms with van der Waals surface area (Å²) in [6, 6.07) is 6.93. The average Bonchev–Trinajstić information content (AvgIpc) is 2.21. The Hall–Kier alpha value is -1.55. The first kappa shape index (κ1) is 10.5. The molecule has 0 fully saturated rings. The average molecular weight is 213 g/mol.